The zero-order chi connectivity index (χ0) is 16.0. The molecule has 0 heterocycles. The molecule has 0 radical (unpaired) electrons. The molecule has 0 aliphatic heterocycles. The van der Waals surface area contributed by atoms with Crippen LogP contribution in [0.15, 0.2) is 24.3 Å². The Labute approximate surface area is 120 Å². The van der Waals surface area contributed by atoms with Crippen molar-refractivity contribution in [1.82, 2.24) is 0 Å². The molecule has 0 aliphatic rings. The Hall–Kier alpha value is -0.813. The molecule has 0 saturated carbocycles. The lowest BCUT2D eigenvalue weighted by atomic mass is 10.2. The van der Waals surface area contributed by atoms with Crippen LogP contribution in [0.3, 0.4) is 0 Å². The van der Waals surface area contributed by atoms with Gasteiger partial charge in [0.25, 0.3) is 0 Å². The maximum absolute atomic E-state index is 13.3. The van der Waals surface area contributed by atoms with E-state index in [1.54, 1.807) is 6.07 Å². The number of alkyl halides is 3. The summed E-state index contributed by atoms with van der Waals surface area (Å²) < 4.78 is 39.8. The number of hydrogen-bond acceptors (Lipinski definition) is 1. The fourth-order valence-electron chi connectivity index (χ4n) is 2.98. The molecular weight excluding hydrogens is 281 g/mol. The third-order valence-electron chi connectivity index (χ3n) is 3.79. The Kier molecular flexibility index (Phi) is 4.20. The monoisotopic (exact) mass is 304 g/mol. The van der Waals surface area contributed by atoms with Crippen molar-refractivity contribution in [1.29, 1.82) is 0 Å². The minimum atomic E-state index is -4.45. The SMILES string of the molecule is CC(C)(C)[Si](O)(c1ccccc1C(F)(F)F)C(C)(C)C. The molecule has 1 N–H and O–H groups in total. The van der Waals surface area contributed by atoms with Gasteiger partial charge in [0.1, 0.15) is 0 Å². The molecule has 1 aromatic carbocycles. The lowest BCUT2D eigenvalue weighted by Crippen LogP contribution is -2.63. The summed E-state index contributed by atoms with van der Waals surface area (Å²) in [6.07, 6.45) is -4.45. The van der Waals surface area contributed by atoms with E-state index < -0.39 is 30.1 Å². The van der Waals surface area contributed by atoms with Crippen molar-refractivity contribution in [3.05, 3.63) is 29.8 Å². The second-order valence-corrected chi connectivity index (χ2v) is 12.2. The lowest BCUT2D eigenvalue weighted by Gasteiger charge is -2.48. The van der Waals surface area contributed by atoms with Crippen molar-refractivity contribution in [2.24, 2.45) is 0 Å². The van der Waals surface area contributed by atoms with Gasteiger partial charge in [-0.15, -0.1) is 0 Å². The van der Waals surface area contributed by atoms with E-state index in [0.717, 1.165) is 6.07 Å². The average molecular weight is 304 g/mol. The van der Waals surface area contributed by atoms with Crippen LogP contribution in [-0.2, 0) is 6.18 Å². The summed E-state index contributed by atoms with van der Waals surface area (Å²) in [7, 11) is -3.40. The normalized spacial score (nSPS) is 14.5. The van der Waals surface area contributed by atoms with Crippen molar-refractivity contribution in [3.8, 4) is 0 Å². The van der Waals surface area contributed by atoms with Gasteiger partial charge in [-0.2, -0.15) is 13.2 Å². The Bertz CT molecular complexity index is 467. The predicted octanol–water partition coefficient (Wildman–Crippen LogP) is 4.45. The summed E-state index contributed by atoms with van der Waals surface area (Å²) in [5.74, 6) is 0. The van der Waals surface area contributed by atoms with Crippen molar-refractivity contribution in [2.75, 3.05) is 0 Å². The largest absolute Gasteiger partial charge is 0.426 e. The molecule has 0 bridgehead atoms. The van der Waals surface area contributed by atoms with Gasteiger partial charge in [0.2, 0.25) is 8.32 Å². The van der Waals surface area contributed by atoms with Crippen LogP contribution in [0.1, 0.15) is 47.1 Å². The highest BCUT2D eigenvalue weighted by Gasteiger charge is 2.56. The standard InChI is InChI=1S/C15H23F3OSi/c1-13(2,3)20(19,14(4,5)6)12-10-8-7-9-11(12)15(16,17)18/h7-10,19H,1-6H3. The van der Waals surface area contributed by atoms with Gasteiger partial charge in [0.05, 0.1) is 5.56 Å². The van der Waals surface area contributed by atoms with Gasteiger partial charge in [-0.1, -0.05) is 65.8 Å². The Morgan fingerprint density at radius 3 is 1.60 bits per heavy atom. The van der Waals surface area contributed by atoms with E-state index >= 15 is 0 Å². The molecule has 114 valence electrons. The summed E-state index contributed by atoms with van der Waals surface area (Å²) >= 11 is 0. The molecule has 0 aliphatic carbocycles. The van der Waals surface area contributed by atoms with Gasteiger partial charge in [0, 0.05) is 0 Å². The molecule has 0 saturated heterocycles. The maximum Gasteiger partial charge on any atom is 0.416 e. The van der Waals surface area contributed by atoms with Crippen LogP contribution in [0, 0.1) is 0 Å². The topological polar surface area (TPSA) is 20.2 Å². The molecule has 0 amide bonds. The summed E-state index contributed by atoms with van der Waals surface area (Å²) in [6, 6.07) is 5.43. The van der Waals surface area contributed by atoms with Gasteiger partial charge in [-0.3, -0.25) is 0 Å². The molecule has 0 aromatic heterocycles. The number of hydrogen-bond donors (Lipinski definition) is 1. The molecule has 5 heteroatoms. The molecule has 20 heavy (non-hydrogen) atoms. The first-order valence-electron chi connectivity index (χ1n) is 6.62. The first-order chi connectivity index (χ1) is 8.73. The minimum absolute atomic E-state index is 0.0764. The molecule has 1 nitrogen and oxygen atoms in total. The van der Waals surface area contributed by atoms with Crippen molar-refractivity contribution in [3.63, 3.8) is 0 Å². The van der Waals surface area contributed by atoms with Gasteiger partial charge in [-0.25, -0.2) is 0 Å². The predicted molar refractivity (Wildman–Crippen MR) is 78.5 cm³/mol. The van der Waals surface area contributed by atoms with E-state index in [9.17, 15) is 18.0 Å². The number of rotatable bonds is 1. The van der Waals surface area contributed by atoms with Crippen LogP contribution >= 0.6 is 0 Å². The van der Waals surface area contributed by atoms with Gasteiger partial charge < -0.3 is 4.80 Å². The van der Waals surface area contributed by atoms with Gasteiger partial charge in [-0.05, 0) is 15.3 Å². The molecule has 1 rings (SSSR count). The van der Waals surface area contributed by atoms with E-state index in [2.05, 4.69) is 0 Å². The summed E-state index contributed by atoms with van der Waals surface area (Å²) in [5.41, 5.74) is -0.709. The summed E-state index contributed by atoms with van der Waals surface area (Å²) in [6.45, 7) is 10.9. The van der Waals surface area contributed by atoms with Crippen LogP contribution in [0.5, 0.6) is 0 Å². The van der Waals surface area contributed by atoms with Crippen molar-refractivity contribution < 1.29 is 18.0 Å². The van der Waals surface area contributed by atoms with E-state index in [4.69, 9.17) is 0 Å². The first-order valence-corrected chi connectivity index (χ1v) is 8.57. The van der Waals surface area contributed by atoms with Crippen LogP contribution in [0.25, 0.3) is 0 Å². The van der Waals surface area contributed by atoms with E-state index in [0.29, 0.717) is 0 Å². The third kappa shape index (κ3) is 2.79. The summed E-state index contributed by atoms with van der Waals surface area (Å²) in [4.78, 5) is 11.3. The summed E-state index contributed by atoms with van der Waals surface area (Å²) in [5, 5.41) is -1.13. The van der Waals surface area contributed by atoms with Crippen molar-refractivity contribution >= 4 is 13.5 Å². The highest BCUT2D eigenvalue weighted by atomic mass is 28.4. The number of halogens is 3. The van der Waals surface area contributed by atoms with Crippen LogP contribution in [-0.4, -0.2) is 13.1 Å². The molecule has 1 aromatic rings. The fourth-order valence-corrected chi connectivity index (χ4v) is 7.80. The first kappa shape index (κ1) is 17.2. The minimum Gasteiger partial charge on any atom is -0.426 e. The Morgan fingerprint density at radius 1 is 0.850 bits per heavy atom. The Balaban J connectivity index is 3.70. The second kappa shape index (κ2) is 4.88. The van der Waals surface area contributed by atoms with E-state index in [1.165, 1.54) is 12.1 Å². The molecular formula is C15H23F3OSi. The van der Waals surface area contributed by atoms with E-state index in [1.807, 2.05) is 41.5 Å². The van der Waals surface area contributed by atoms with Crippen LogP contribution < -0.4 is 5.19 Å². The molecule has 0 spiro atoms. The zero-order valence-corrected chi connectivity index (χ0v) is 13.9. The fraction of sp³-hybridized carbons (Fsp3) is 0.600. The van der Waals surface area contributed by atoms with Gasteiger partial charge in [0.15, 0.2) is 0 Å². The van der Waals surface area contributed by atoms with Gasteiger partial charge >= 0.3 is 6.18 Å². The smallest absolute Gasteiger partial charge is 0.416 e. The highest BCUT2D eigenvalue weighted by Crippen LogP contribution is 2.50. The average Bonchev–Trinajstić information content (AvgIpc) is 2.23. The van der Waals surface area contributed by atoms with Crippen molar-refractivity contribution in [2.45, 2.75) is 57.8 Å². The number of benzene rings is 1. The lowest BCUT2D eigenvalue weighted by molar-refractivity contribution is -0.136. The third-order valence-corrected chi connectivity index (χ3v) is 9.35. The molecule has 0 unspecified atom stereocenters. The second-order valence-electron chi connectivity index (χ2n) is 7.25. The van der Waals surface area contributed by atoms with Crippen LogP contribution in [0.4, 0.5) is 13.2 Å². The Morgan fingerprint density at radius 2 is 1.25 bits per heavy atom. The van der Waals surface area contributed by atoms with E-state index in [-0.39, 0.29) is 5.19 Å². The maximum atomic E-state index is 13.3. The quantitative estimate of drug-likeness (QED) is 0.760. The zero-order valence-electron chi connectivity index (χ0n) is 12.9. The molecule has 0 atom stereocenters. The highest BCUT2D eigenvalue weighted by molar-refractivity contribution is 6.90. The van der Waals surface area contributed by atoms with Crippen LogP contribution in [0.2, 0.25) is 10.1 Å². The molecule has 0 fully saturated rings.